The molecule has 0 amide bonds. The summed E-state index contributed by atoms with van der Waals surface area (Å²) >= 11 is 1.80. The smallest absolute Gasteiger partial charge is 0.107 e. The van der Waals surface area contributed by atoms with E-state index in [-0.39, 0.29) is 12.4 Å². The van der Waals surface area contributed by atoms with Crippen LogP contribution >= 0.6 is 23.7 Å². The summed E-state index contributed by atoms with van der Waals surface area (Å²) in [5, 5.41) is 1.11. The van der Waals surface area contributed by atoms with Crippen LogP contribution in [0.2, 0.25) is 0 Å². The second-order valence-corrected chi connectivity index (χ2v) is 4.06. The zero-order valence-electron chi connectivity index (χ0n) is 6.88. The van der Waals surface area contributed by atoms with Crippen LogP contribution in [0, 0.1) is 0 Å². The van der Waals surface area contributed by atoms with Crippen molar-refractivity contribution in [1.29, 1.82) is 0 Å². The highest BCUT2D eigenvalue weighted by atomic mass is 35.5. The average molecular weight is 205 g/mol. The van der Waals surface area contributed by atoms with Crippen LogP contribution in [0.3, 0.4) is 0 Å². The van der Waals surface area contributed by atoms with E-state index in [0.717, 1.165) is 5.01 Å². The first-order chi connectivity index (χ1) is 5.40. The van der Waals surface area contributed by atoms with Crippen LogP contribution in [0.1, 0.15) is 28.4 Å². The van der Waals surface area contributed by atoms with Crippen LogP contribution in [-0.2, 0) is 19.4 Å². The number of hydrogen-bond donors (Lipinski definition) is 1. The van der Waals surface area contributed by atoms with Gasteiger partial charge in [-0.25, -0.2) is 4.98 Å². The SMILES string of the molecule is Cl.NCc1nc2c(s1)CCCC2. The number of aromatic nitrogens is 1. The third kappa shape index (κ3) is 1.79. The van der Waals surface area contributed by atoms with Crippen molar-refractivity contribution in [2.75, 3.05) is 0 Å². The van der Waals surface area contributed by atoms with Gasteiger partial charge in [0, 0.05) is 11.4 Å². The van der Waals surface area contributed by atoms with Gasteiger partial charge in [0.05, 0.1) is 5.69 Å². The van der Waals surface area contributed by atoms with Gasteiger partial charge in [-0.1, -0.05) is 0 Å². The van der Waals surface area contributed by atoms with Crippen LogP contribution in [0.4, 0.5) is 0 Å². The standard InChI is InChI=1S/C8H12N2S.ClH/c9-5-8-10-6-3-1-2-4-7(6)11-8;/h1-5,9H2;1H. The molecule has 0 unspecified atom stereocenters. The number of nitrogens with two attached hydrogens (primary N) is 1. The Kier molecular flexibility index (Phi) is 3.50. The molecule has 0 aliphatic heterocycles. The third-order valence-corrected chi connectivity index (χ3v) is 3.24. The van der Waals surface area contributed by atoms with Crippen LogP contribution in [-0.4, -0.2) is 4.98 Å². The quantitative estimate of drug-likeness (QED) is 0.759. The molecule has 0 aromatic carbocycles. The summed E-state index contributed by atoms with van der Waals surface area (Å²) in [5.74, 6) is 0. The number of fused-ring (bicyclic) bond motifs is 1. The molecule has 1 aromatic rings. The molecule has 1 aliphatic carbocycles. The fourth-order valence-corrected chi connectivity index (χ4v) is 2.53. The molecule has 0 spiro atoms. The van der Waals surface area contributed by atoms with E-state index in [4.69, 9.17) is 5.73 Å². The van der Waals surface area contributed by atoms with Crippen LogP contribution in [0.25, 0.3) is 0 Å². The predicted octanol–water partition coefficient (Wildman–Crippen LogP) is 1.90. The van der Waals surface area contributed by atoms with Gasteiger partial charge in [-0.15, -0.1) is 23.7 Å². The Morgan fingerprint density at radius 3 is 2.75 bits per heavy atom. The van der Waals surface area contributed by atoms with Crippen LogP contribution in [0.15, 0.2) is 0 Å². The molecule has 0 atom stereocenters. The molecule has 4 heteroatoms. The van der Waals surface area contributed by atoms with Gasteiger partial charge in [0.15, 0.2) is 0 Å². The average Bonchev–Trinajstić information content (AvgIpc) is 2.46. The van der Waals surface area contributed by atoms with Crippen molar-refractivity contribution in [1.82, 2.24) is 4.98 Å². The van der Waals surface area contributed by atoms with Crippen molar-refractivity contribution in [2.24, 2.45) is 5.73 Å². The molecule has 68 valence electrons. The first-order valence-electron chi connectivity index (χ1n) is 4.07. The molecule has 12 heavy (non-hydrogen) atoms. The lowest BCUT2D eigenvalue weighted by molar-refractivity contribution is 0.680. The minimum Gasteiger partial charge on any atom is -0.325 e. The first-order valence-corrected chi connectivity index (χ1v) is 4.89. The van der Waals surface area contributed by atoms with Crippen LogP contribution in [0.5, 0.6) is 0 Å². The molecular weight excluding hydrogens is 192 g/mol. The second-order valence-electron chi connectivity index (χ2n) is 2.89. The molecule has 2 nitrogen and oxygen atoms in total. The molecular formula is C8H13ClN2S. The van der Waals surface area contributed by atoms with E-state index in [1.807, 2.05) is 0 Å². The van der Waals surface area contributed by atoms with E-state index >= 15 is 0 Å². The fraction of sp³-hybridized carbons (Fsp3) is 0.625. The summed E-state index contributed by atoms with van der Waals surface area (Å²) in [5.41, 5.74) is 6.83. The minimum absolute atomic E-state index is 0. The first kappa shape index (κ1) is 9.96. The van der Waals surface area contributed by atoms with Crippen molar-refractivity contribution in [2.45, 2.75) is 32.2 Å². The fourth-order valence-electron chi connectivity index (χ4n) is 1.49. The molecule has 0 radical (unpaired) electrons. The molecule has 0 saturated carbocycles. The molecule has 0 fully saturated rings. The number of rotatable bonds is 1. The summed E-state index contributed by atoms with van der Waals surface area (Å²) in [4.78, 5) is 5.95. The molecule has 2 rings (SSSR count). The Bertz CT molecular complexity index is 236. The lowest BCUT2D eigenvalue weighted by Crippen LogP contribution is -1.99. The van der Waals surface area contributed by atoms with Crippen molar-refractivity contribution in [3.8, 4) is 0 Å². The number of nitrogens with zero attached hydrogens (tertiary/aromatic N) is 1. The van der Waals surface area contributed by atoms with Gasteiger partial charge >= 0.3 is 0 Å². The summed E-state index contributed by atoms with van der Waals surface area (Å²) < 4.78 is 0. The maximum atomic E-state index is 5.51. The molecule has 0 saturated heterocycles. The van der Waals surface area contributed by atoms with Gasteiger partial charge in [-0.05, 0) is 25.7 Å². The largest absolute Gasteiger partial charge is 0.325 e. The molecule has 0 bridgehead atoms. The van der Waals surface area contributed by atoms with Crippen molar-refractivity contribution in [3.05, 3.63) is 15.6 Å². The summed E-state index contributed by atoms with van der Waals surface area (Å²) in [7, 11) is 0. The number of hydrogen-bond acceptors (Lipinski definition) is 3. The number of thiazole rings is 1. The summed E-state index contributed by atoms with van der Waals surface area (Å²) in [6, 6.07) is 0. The maximum absolute atomic E-state index is 5.51. The Labute approximate surface area is 82.6 Å². The van der Waals surface area contributed by atoms with Gasteiger partial charge in [0.2, 0.25) is 0 Å². The Morgan fingerprint density at radius 1 is 1.33 bits per heavy atom. The van der Waals surface area contributed by atoms with E-state index in [9.17, 15) is 0 Å². The van der Waals surface area contributed by atoms with E-state index in [0.29, 0.717) is 6.54 Å². The van der Waals surface area contributed by atoms with Gasteiger partial charge in [-0.3, -0.25) is 0 Å². The summed E-state index contributed by atoms with van der Waals surface area (Å²) in [6.45, 7) is 0.609. The van der Waals surface area contributed by atoms with E-state index in [2.05, 4.69) is 4.98 Å². The number of aryl methyl sites for hydroxylation is 2. The maximum Gasteiger partial charge on any atom is 0.107 e. The van der Waals surface area contributed by atoms with Crippen molar-refractivity contribution in [3.63, 3.8) is 0 Å². The highest BCUT2D eigenvalue weighted by molar-refractivity contribution is 7.11. The minimum atomic E-state index is 0. The van der Waals surface area contributed by atoms with Gasteiger partial charge < -0.3 is 5.73 Å². The lowest BCUT2D eigenvalue weighted by Gasteiger charge is -2.06. The van der Waals surface area contributed by atoms with Gasteiger partial charge in [0.1, 0.15) is 5.01 Å². The van der Waals surface area contributed by atoms with Crippen LogP contribution < -0.4 is 5.73 Å². The third-order valence-electron chi connectivity index (χ3n) is 2.06. The monoisotopic (exact) mass is 204 g/mol. The van der Waals surface area contributed by atoms with E-state index < -0.39 is 0 Å². The Morgan fingerprint density at radius 2 is 2.08 bits per heavy atom. The van der Waals surface area contributed by atoms with E-state index in [1.165, 1.54) is 36.3 Å². The normalized spacial score (nSPS) is 15.1. The van der Waals surface area contributed by atoms with Gasteiger partial charge in [0.25, 0.3) is 0 Å². The highest BCUT2D eigenvalue weighted by Crippen LogP contribution is 2.26. The van der Waals surface area contributed by atoms with Crippen molar-refractivity contribution < 1.29 is 0 Å². The zero-order valence-corrected chi connectivity index (χ0v) is 8.51. The molecule has 2 N–H and O–H groups in total. The van der Waals surface area contributed by atoms with Crippen molar-refractivity contribution >= 4 is 23.7 Å². The lowest BCUT2D eigenvalue weighted by atomic mass is 10.0. The number of halogens is 1. The summed E-state index contributed by atoms with van der Waals surface area (Å²) in [6.07, 6.45) is 5.04. The molecule has 1 aromatic heterocycles. The van der Waals surface area contributed by atoms with E-state index in [1.54, 1.807) is 11.3 Å². The molecule has 1 heterocycles. The Hall–Kier alpha value is -0.120. The van der Waals surface area contributed by atoms with Gasteiger partial charge in [-0.2, -0.15) is 0 Å². The molecule has 1 aliphatic rings. The highest BCUT2D eigenvalue weighted by Gasteiger charge is 2.13. The predicted molar refractivity (Wildman–Crippen MR) is 53.9 cm³/mol. The Balaban J connectivity index is 0.000000720. The second kappa shape index (κ2) is 4.21. The zero-order chi connectivity index (χ0) is 7.68. The topological polar surface area (TPSA) is 38.9 Å².